The predicted octanol–water partition coefficient (Wildman–Crippen LogP) is 0.887. The first-order chi connectivity index (χ1) is 9.47. The van der Waals surface area contributed by atoms with E-state index in [0.29, 0.717) is 11.7 Å². The van der Waals surface area contributed by atoms with Gasteiger partial charge in [-0.1, -0.05) is 19.0 Å². The van der Waals surface area contributed by atoms with Gasteiger partial charge in [-0.05, 0) is 24.2 Å². The first-order valence-corrected chi connectivity index (χ1v) is 6.81. The molecule has 1 fully saturated rings. The third-order valence-electron chi connectivity index (χ3n) is 4.30. The number of amides is 1. The third kappa shape index (κ3) is 3.02. The summed E-state index contributed by atoms with van der Waals surface area (Å²) < 4.78 is 9.81. The molecule has 20 heavy (non-hydrogen) atoms. The predicted molar refractivity (Wildman–Crippen MR) is 71.8 cm³/mol. The van der Waals surface area contributed by atoms with Crippen molar-refractivity contribution in [2.75, 3.05) is 13.7 Å². The van der Waals surface area contributed by atoms with Crippen molar-refractivity contribution in [2.24, 2.45) is 11.3 Å². The van der Waals surface area contributed by atoms with Crippen molar-refractivity contribution >= 4 is 5.91 Å². The number of aliphatic hydroxyl groups excluding tert-OH is 1. The molecule has 2 N–H and O–H groups in total. The molecule has 1 aromatic heterocycles. The average Bonchev–Trinajstić information content (AvgIpc) is 2.85. The smallest absolute Gasteiger partial charge is 0.246 e. The van der Waals surface area contributed by atoms with Crippen LogP contribution >= 0.6 is 0 Å². The Kier molecular flexibility index (Phi) is 4.45. The van der Waals surface area contributed by atoms with Crippen LogP contribution in [0.15, 0.2) is 10.6 Å². The second-order valence-corrected chi connectivity index (χ2v) is 5.95. The zero-order valence-electron chi connectivity index (χ0n) is 12.2. The number of carbonyl (C=O) groups excluding carboxylic acids is 1. The van der Waals surface area contributed by atoms with Gasteiger partial charge in [-0.25, -0.2) is 0 Å². The Morgan fingerprint density at radius 1 is 1.65 bits per heavy atom. The molecule has 1 aromatic rings. The summed E-state index contributed by atoms with van der Waals surface area (Å²) in [7, 11) is 1.51. The highest BCUT2D eigenvalue weighted by Crippen LogP contribution is 2.47. The molecule has 112 valence electrons. The van der Waals surface area contributed by atoms with Crippen LogP contribution in [0.2, 0.25) is 0 Å². The fraction of sp³-hybridized carbons (Fsp3) is 0.714. The Morgan fingerprint density at radius 3 is 2.95 bits per heavy atom. The van der Waals surface area contributed by atoms with Crippen LogP contribution in [0.4, 0.5) is 0 Å². The van der Waals surface area contributed by atoms with Crippen molar-refractivity contribution in [3.05, 3.63) is 17.5 Å². The van der Waals surface area contributed by atoms with Gasteiger partial charge in [0.1, 0.15) is 13.2 Å². The summed E-state index contributed by atoms with van der Waals surface area (Å²) in [6, 6.07) is 1.95. The molecule has 1 amide bonds. The zero-order valence-corrected chi connectivity index (χ0v) is 12.2. The van der Waals surface area contributed by atoms with Crippen LogP contribution in [0.5, 0.6) is 0 Å². The molecule has 1 aliphatic rings. The van der Waals surface area contributed by atoms with Gasteiger partial charge in [0.05, 0.1) is 5.69 Å². The Labute approximate surface area is 118 Å². The van der Waals surface area contributed by atoms with E-state index in [0.717, 1.165) is 18.5 Å². The van der Waals surface area contributed by atoms with Crippen LogP contribution in [-0.4, -0.2) is 35.9 Å². The lowest BCUT2D eigenvalue weighted by Gasteiger charge is -2.52. The molecule has 0 saturated heterocycles. The molecular weight excluding hydrogens is 260 g/mol. The maximum absolute atomic E-state index is 11.5. The minimum Gasteiger partial charge on any atom is -0.388 e. The van der Waals surface area contributed by atoms with Gasteiger partial charge < -0.3 is 19.7 Å². The van der Waals surface area contributed by atoms with Crippen molar-refractivity contribution in [3.8, 4) is 0 Å². The van der Waals surface area contributed by atoms with Gasteiger partial charge in [0, 0.05) is 19.2 Å². The molecular formula is C14H22N2O4. The summed E-state index contributed by atoms with van der Waals surface area (Å²) in [5, 5.41) is 15.9. The van der Waals surface area contributed by atoms with Gasteiger partial charge in [0.25, 0.3) is 0 Å². The SMILES string of the molecule is COCC(=O)NC1CC(Cc2cc(CO)on2)C1(C)C. The highest BCUT2D eigenvalue weighted by atomic mass is 16.5. The topological polar surface area (TPSA) is 84.6 Å². The number of ether oxygens (including phenoxy) is 1. The molecule has 2 rings (SSSR count). The molecule has 1 heterocycles. The van der Waals surface area contributed by atoms with E-state index in [2.05, 4.69) is 24.3 Å². The minimum absolute atomic E-state index is 0.0156. The van der Waals surface area contributed by atoms with Crippen LogP contribution in [0, 0.1) is 11.3 Å². The van der Waals surface area contributed by atoms with Gasteiger partial charge in [0.15, 0.2) is 5.76 Å². The van der Waals surface area contributed by atoms with Crippen LogP contribution < -0.4 is 5.32 Å². The molecule has 0 spiro atoms. The number of hydrogen-bond acceptors (Lipinski definition) is 5. The largest absolute Gasteiger partial charge is 0.388 e. The lowest BCUT2D eigenvalue weighted by atomic mass is 9.57. The summed E-state index contributed by atoms with van der Waals surface area (Å²) in [6.45, 7) is 4.26. The second kappa shape index (κ2) is 5.93. The van der Waals surface area contributed by atoms with Crippen LogP contribution in [0.25, 0.3) is 0 Å². The minimum atomic E-state index is -0.128. The standard InChI is InChI=1S/C14H22N2O4/c1-14(2)9(4-10-6-11(7-17)20-16-10)5-12(14)15-13(18)8-19-3/h6,9,12,17H,4-5,7-8H2,1-3H3,(H,15,18). The lowest BCUT2D eigenvalue weighted by molar-refractivity contribution is -0.129. The number of nitrogens with one attached hydrogen (secondary N) is 1. The van der Waals surface area contributed by atoms with Gasteiger partial charge >= 0.3 is 0 Å². The number of aromatic nitrogens is 1. The fourth-order valence-electron chi connectivity index (χ4n) is 2.75. The highest BCUT2D eigenvalue weighted by Gasteiger charge is 2.48. The van der Waals surface area contributed by atoms with Crippen LogP contribution in [0.1, 0.15) is 31.7 Å². The number of methoxy groups -OCH3 is 1. The molecule has 1 aliphatic carbocycles. The van der Waals surface area contributed by atoms with Crippen molar-refractivity contribution < 1.29 is 19.2 Å². The summed E-state index contributed by atoms with van der Waals surface area (Å²) in [4.78, 5) is 11.5. The van der Waals surface area contributed by atoms with Crippen molar-refractivity contribution in [1.82, 2.24) is 10.5 Å². The molecule has 0 bridgehead atoms. The number of nitrogens with zero attached hydrogens (tertiary/aromatic N) is 1. The van der Waals surface area contributed by atoms with Gasteiger partial charge in [-0.2, -0.15) is 0 Å². The van der Waals surface area contributed by atoms with Gasteiger partial charge in [0.2, 0.25) is 5.91 Å². The Hall–Kier alpha value is -1.40. The van der Waals surface area contributed by atoms with E-state index in [1.54, 1.807) is 6.07 Å². The quantitative estimate of drug-likeness (QED) is 0.809. The Balaban J connectivity index is 1.88. The van der Waals surface area contributed by atoms with Crippen molar-refractivity contribution in [3.63, 3.8) is 0 Å². The van der Waals surface area contributed by atoms with Gasteiger partial charge in [-0.3, -0.25) is 4.79 Å². The van der Waals surface area contributed by atoms with Gasteiger partial charge in [-0.15, -0.1) is 0 Å². The first-order valence-electron chi connectivity index (χ1n) is 6.81. The second-order valence-electron chi connectivity index (χ2n) is 5.95. The fourth-order valence-corrected chi connectivity index (χ4v) is 2.75. The maximum atomic E-state index is 11.5. The van der Waals surface area contributed by atoms with Crippen LogP contribution in [-0.2, 0) is 22.6 Å². The molecule has 2 unspecified atom stereocenters. The van der Waals surface area contributed by atoms with E-state index < -0.39 is 0 Å². The molecule has 0 radical (unpaired) electrons. The summed E-state index contributed by atoms with van der Waals surface area (Å²) >= 11 is 0. The van der Waals surface area contributed by atoms with Crippen LogP contribution in [0.3, 0.4) is 0 Å². The molecule has 0 aliphatic heterocycles. The Morgan fingerprint density at radius 2 is 2.40 bits per heavy atom. The lowest BCUT2D eigenvalue weighted by Crippen LogP contribution is -2.59. The molecule has 1 saturated carbocycles. The normalized spacial score (nSPS) is 24.2. The average molecular weight is 282 g/mol. The van der Waals surface area contributed by atoms with E-state index in [9.17, 15) is 4.79 Å². The monoisotopic (exact) mass is 282 g/mol. The van der Waals surface area contributed by atoms with E-state index >= 15 is 0 Å². The summed E-state index contributed by atoms with van der Waals surface area (Å²) in [6.07, 6.45) is 1.72. The summed E-state index contributed by atoms with van der Waals surface area (Å²) in [5.41, 5.74) is 0.871. The van der Waals surface area contributed by atoms with E-state index in [1.807, 2.05) is 0 Å². The number of aliphatic hydroxyl groups is 1. The molecule has 6 heteroatoms. The van der Waals surface area contributed by atoms with E-state index in [4.69, 9.17) is 14.4 Å². The first kappa shape index (κ1) is 15.0. The highest BCUT2D eigenvalue weighted by molar-refractivity contribution is 5.77. The number of hydrogen-bond donors (Lipinski definition) is 2. The van der Waals surface area contributed by atoms with E-state index in [-0.39, 0.29) is 30.6 Å². The van der Waals surface area contributed by atoms with Crippen molar-refractivity contribution in [2.45, 2.75) is 39.3 Å². The van der Waals surface area contributed by atoms with Crippen molar-refractivity contribution in [1.29, 1.82) is 0 Å². The number of carbonyl (C=O) groups is 1. The maximum Gasteiger partial charge on any atom is 0.246 e. The molecule has 0 aromatic carbocycles. The summed E-state index contributed by atoms with van der Waals surface area (Å²) in [5.74, 6) is 0.849. The zero-order chi connectivity index (χ0) is 14.8. The Bertz CT molecular complexity index is 469. The third-order valence-corrected chi connectivity index (χ3v) is 4.30. The molecule has 6 nitrogen and oxygen atoms in total. The molecule has 2 atom stereocenters. The van der Waals surface area contributed by atoms with E-state index in [1.165, 1.54) is 7.11 Å². The number of rotatable bonds is 6.